The molecule has 4 aliphatic rings. The van der Waals surface area contributed by atoms with Gasteiger partial charge in [0.05, 0.1) is 37.4 Å². The third kappa shape index (κ3) is 5.92. The van der Waals surface area contributed by atoms with Gasteiger partial charge in [0.25, 0.3) is 5.91 Å². The molecule has 0 unspecified atom stereocenters. The highest BCUT2D eigenvalue weighted by atomic mass is 35.5. The molecule has 4 heterocycles. The predicted molar refractivity (Wildman–Crippen MR) is 180 cm³/mol. The molecule has 0 bridgehead atoms. The molecule has 2 aromatic carbocycles. The van der Waals surface area contributed by atoms with E-state index in [-0.39, 0.29) is 36.8 Å². The molecule has 3 fully saturated rings. The van der Waals surface area contributed by atoms with E-state index in [1.54, 1.807) is 21.9 Å². The Morgan fingerprint density at radius 1 is 1.04 bits per heavy atom. The van der Waals surface area contributed by atoms with Gasteiger partial charge in [-0.25, -0.2) is 0 Å². The molecule has 6 rings (SSSR count). The minimum absolute atomic E-state index is 0.0319. The number of rotatable bonds is 7. The van der Waals surface area contributed by atoms with Crippen LogP contribution in [0.1, 0.15) is 69.4 Å². The second kappa shape index (κ2) is 13.0. The van der Waals surface area contributed by atoms with E-state index >= 15 is 0 Å². The fourth-order valence-corrected chi connectivity index (χ4v) is 11.2. The van der Waals surface area contributed by atoms with Crippen LogP contribution in [0, 0.1) is 5.92 Å². The summed E-state index contributed by atoms with van der Waals surface area (Å²) in [5.74, 6) is -0.620. The summed E-state index contributed by atoms with van der Waals surface area (Å²) >= 11 is 6.54. The van der Waals surface area contributed by atoms with Crippen molar-refractivity contribution in [3.8, 4) is 0 Å². The minimum atomic E-state index is -2.95. The Bertz CT molecular complexity index is 1480. The van der Waals surface area contributed by atoms with Crippen molar-refractivity contribution in [2.45, 2.75) is 101 Å². The van der Waals surface area contributed by atoms with Crippen LogP contribution in [0.5, 0.6) is 0 Å². The van der Waals surface area contributed by atoms with Crippen molar-refractivity contribution in [2.24, 2.45) is 5.92 Å². The Morgan fingerprint density at radius 3 is 2.50 bits per heavy atom. The van der Waals surface area contributed by atoms with Gasteiger partial charge >= 0.3 is 0 Å². The molecule has 248 valence electrons. The quantitative estimate of drug-likeness (QED) is 0.385. The van der Waals surface area contributed by atoms with Crippen molar-refractivity contribution < 1.29 is 29.0 Å². The van der Waals surface area contributed by atoms with E-state index in [4.69, 9.17) is 16.3 Å². The van der Waals surface area contributed by atoms with E-state index in [0.29, 0.717) is 42.3 Å². The number of anilines is 2. The summed E-state index contributed by atoms with van der Waals surface area (Å²) in [5, 5.41) is 10.3. The summed E-state index contributed by atoms with van der Waals surface area (Å²) in [5.41, 5.74) is 1.34. The number of hydrogen-bond acceptors (Lipinski definition) is 6. The van der Waals surface area contributed by atoms with E-state index in [0.717, 1.165) is 49.8 Å². The van der Waals surface area contributed by atoms with Gasteiger partial charge in [0.2, 0.25) is 11.8 Å². The monoisotopic (exact) mass is 667 g/mol. The number of aliphatic hydroxyl groups is 1. The lowest BCUT2D eigenvalue weighted by atomic mass is 9.82. The number of aliphatic hydroxyl groups excluding tert-OH is 1. The number of halogens is 1. The molecular weight excluding hydrogens is 622 g/mol. The number of amides is 3. The first-order chi connectivity index (χ1) is 22.0. The van der Waals surface area contributed by atoms with Crippen LogP contribution in [0.3, 0.4) is 0 Å². The summed E-state index contributed by atoms with van der Waals surface area (Å²) in [4.78, 5) is 58.0. The number of nitrogens with zero attached hydrogens (tertiary/aromatic N) is 3. The Balaban J connectivity index is 1.30. The second-order valence-corrected chi connectivity index (χ2v) is 18.5. The van der Waals surface area contributed by atoms with E-state index in [1.807, 2.05) is 55.2 Å². The van der Waals surface area contributed by atoms with Crippen LogP contribution in [0.25, 0.3) is 0 Å². The van der Waals surface area contributed by atoms with Crippen LogP contribution in [-0.4, -0.2) is 72.7 Å². The van der Waals surface area contributed by atoms with Crippen LogP contribution in [0.4, 0.5) is 11.4 Å². The van der Waals surface area contributed by atoms with Crippen LogP contribution >= 0.6 is 11.6 Å². The second-order valence-electron chi connectivity index (χ2n) is 14.1. The summed E-state index contributed by atoms with van der Waals surface area (Å²) in [7, 11) is -2.95. The molecule has 11 heteroatoms. The van der Waals surface area contributed by atoms with Gasteiger partial charge in [0.1, 0.15) is 0 Å². The van der Waals surface area contributed by atoms with Crippen molar-refractivity contribution in [3.05, 3.63) is 58.6 Å². The number of carbonyl (C=O) groups is 3. The average molecular weight is 668 g/mol. The lowest BCUT2D eigenvalue weighted by Crippen LogP contribution is -2.46. The molecular formula is C35H46ClN3O6Si. The van der Waals surface area contributed by atoms with Crippen molar-refractivity contribution in [2.75, 3.05) is 29.5 Å². The Kier molecular flexibility index (Phi) is 9.39. The fraction of sp³-hybridized carbons (Fsp3) is 0.571. The molecule has 9 nitrogen and oxygen atoms in total. The van der Waals surface area contributed by atoms with Gasteiger partial charge < -0.3 is 29.3 Å². The van der Waals surface area contributed by atoms with Gasteiger partial charge in [-0.3, -0.25) is 14.4 Å². The normalized spacial score (nSPS) is 28.6. The van der Waals surface area contributed by atoms with E-state index in [2.05, 4.69) is 0 Å². The third-order valence-corrected chi connectivity index (χ3v) is 13.4. The number of carbonyl (C=O) groups excluding carboxylic acids is 3. The van der Waals surface area contributed by atoms with Crippen molar-refractivity contribution in [1.29, 1.82) is 0 Å². The maximum absolute atomic E-state index is 14.7. The van der Waals surface area contributed by atoms with E-state index < -0.39 is 31.5 Å². The van der Waals surface area contributed by atoms with Crippen LogP contribution in [0.2, 0.25) is 23.7 Å². The lowest BCUT2D eigenvalue weighted by Gasteiger charge is -2.33. The number of fused-ring (bicyclic) bond motifs is 2. The van der Waals surface area contributed by atoms with Gasteiger partial charge in [-0.2, -0.15) is 0 Å². The SMILES string of the molecule is C[C@H]1[C@H]([Si](C)(C)O)[C@@H](CC(=O)N2CCC[C@H]2CO)O[C@]12C(=O)N(Cc1ccc(N3CCCCCCC3=O)cc1)c1ccc(Cl)cc12. The largest absolute Gasteiger partial charge is 0.432 e. The first kappa shape index (κ1) is 33.1. The van der Waals surface area contributed by atoms with Crippen molar-refractivity contribution >= 4 is 49.0 Å². The lowest BCUT2D eigenvalue weighted by molar-refractivity contribution is -0.150. The Labute approximate surface area is 277 Å². The summed E-state index contributed by atoms with van der Waals surface area (Å²) in [6, 6.07) is 13.0. The molecule has 4 aliphatic heterocycles. The molecule has 2 N–H and O–H groups in total. The molecule has 0 aliphatic carbocycles. The van der Waals surface area contributed by atoms with Gasteiger partial charge in [0, 0.05) is 47.2 Å². The highest BCUT2D eigenvalue weighted by Gasteiger charge is 2.66. The number of hydrogen-bond donors (Lipinski definition) is 2. The van der Waals surface area contributed by atoms with Crippen LogP contribution < -0.4 is 9.80 Å². The maximum atomic E-state index is 14.7. The van der Waals surface area contributed by atoms with Gasteiger partial charge in [-0.05, 0) is 74.7 Å². The zero-order valence-corrected chi connectivity index (χ0v) is 28.8. The summed E-state index contributed by atoms with van der Waals surface area (Å²) in [6.45, 7) is 7.13. The van der Waals surface area contributed by atoms with Crippen molar-refractivity contribution in [3.63, 3.8) is 0 Å². The molecule has 0 radical (unpaired) electrons. The average Bonchev–Trinajstić information content (AvgIpc) is 3.66. The molecule has 5 atom stereocenters. The van der Waals surface area contributed by atoms with Crippen LogP contribution in [0.15, 0.2) is 42.5 Å². The topological polar surface area (TPSA) is 111 Å². The smallest absolute Gasteiger partial charge is 0.264 e. The highest BCUT2D eigenvalue weighted by Crippen LogP contribution is 2.60. The zero-order chi connectivity index (χ0) is 32.8. The molecule has 46 heavy (non-hydrogen) atoms. The first-order valence-electron chi connectivity index (χ1n) is 16.8. The third-order valence-electron chi connectivity index (χ3n) is 10.6. The van der Waals surface area contributed by atoms with Crippen LogP contribution in [-0.2, 0) is 31.3 Å². The maximum Gasteiger partial charge on any atom is 0.264 e. The molecule has 0 aromatic heterocycles. The Hall–Kier alpha value is -2.76. The summed E-state index contributed by atoms with van der Waals surface area (Å²) in [6.07, 6.45) is 5.64. The minimum Gasteiger partial charge on any atom is -0.432 e. The first-order valence-corrected chi connectivity index (χ1v) is 20.2. The van der Waals surface area contributed by atoms with E-state index in [1.165, 1.54) is 0 Å². The number of ether oxygens (including phenoxy) is 1. The molecule has 3 saturated heterocycles. The van der Waals surface area contributed by atoms with Gasteiger partial charge in [-0.1, -0.05) is 43.5 Å². The fourth-order valence-electron chi connectivity index (χ4n) is 8.45. The summed E-state index contributed by atoms with van der Waals surface area (Å²) < 4.78 is 6.83. The molecule has 2 aromatic rings. The van der Waals surface area contributed by atoms with Gasteiger partial charge in [0.15, 0.2) is 13.9 Å². The zero-order valence-electron chi connectivity index (χ0n) is 27.1. The molecule has 1 spiro atoms. The number of likely N-dealkylation sites (tertiary alicyclic amines) is 1. The predicted octanol–water partition coefficient (Wildman–Crippen LogP) is 5.36. The molecule has 0 saturated carbocycles. The van der Waals surface area contributed by atoms with Gasteiger partial charge in [-0.15, -0.1) is 0 Å². The molecule has 3 amide bonds. The highest BCUT2D eigenvalue weighted by molar-refractivity contribution is 6.71. The van der Waals surface area contributed by atoms with Crippen molar-refractivity contribution in [1.82, 2.24) is 4.90 Å². The van der Waals surface area contributed by atoms with E-state index in [9.17, 15) is 24.3 Å². The number of benzene rings is 2. The Morgan fingerprint density at radius 2 is 1.78 bits per heavy atom. The standard InChI is InChI=1S/C35H46ClN3O6Si/c1-23-33(46(2,3)44)30(20-32(42)38-18-8-9-27(38)22-40)45-35(23)28-19-25(36)13-16-29(28)39(34(35)43)21-24-11-14-26(15-12-24)37-17-7-5-4-6-10-31(37)41/h11-16,19,23,27,30,33,40,44H,4-10,17-18,20-22H2,1-3H3/t23-,27-,30+,33-,35+/m0/s1.